The average molecular weight is 274 g/mol. The third-order valence-corrected chi connectivity index (χ3v) is 4.50. The summed E-state index contributed by atoms with van der Waals surface area (Å²) in [5.41, 5.74) is 0.168. The molecule has 0 heterocycles. The number of aliphatic hydroxyl groups excluding tert-OH is 1. The van der Waals surface area contributed by atoms with E-state index < -0.39 is 0 Å². The van der Waals surface area contributed by atoms with Gasteiger partial charge in [0.25, 0.3) is 0 Å². The lowest BCUT2D eigenvalue weighted by atomic mass is 9.64. The number of nitriles is 1. The van der Waals surface area contributed by atoms with Crippen LogP contribution in [0.1, 0.15) is 45.4 Å². The highest BCUT2D eigenvalue weighted by Gasteiger charge is 2.37. The van der Waals surface area contributed by atoms with Gasteiger partial charge in [-0.3, -0.25) is 0 Å². The van der Waals surface area contributed by atoms with Gasteiger partial charge in [0.1, 0.15) is 0 Å². The molecule has 0 saturated heterocycles. The van der Waals surface area contributed by atoms with Crippen molar-refractivity contribution in [2.75, 3.05) is 5.33 Å². The van der Waals surface area contributed by atoms with E-state index in [1.54, 1.807) is 0 Å². The van der Waals surface area contributed by atoms with Gasteiger partial charge in [-0.05, 0) is 30.6 Å². The molecule has 3 atom stereocenters. The van der Waals surface area contributed by atoms with Crippen LogP contribution in [0.5, 0.6) is 0 Å². The Hall–Kier alpha value is -0.0700. The molecule has 1 fully saturated rings. The maximum atomic E-state index is 9.73. The number of hydrogen-bond donors (Lipinski definition) is 1. The summed E-state index contributed by atoms with van der Waals surface area (Å²) in [6.45, 7) is 2.24. The Morgan fingerprint density at radius 2 is 2.33 bits per heavy atom. The minimum atomic E-state index is -0.269. The van der Waals surface area contributed by atoms with E-state index in [-0.39, 0.29) is 11.5 Å². The van der Waals surface area contributed by atoms with Crippen molar-refractivity contribution >= 4 is 15.9 Å². The fourth-order valence-electron chi connectivity index (χ4n) is 2.79. The molecule has 0 bridgehead atoms. The lowest BCUT2D eigenvalue weighted by molar-refractivity contribution is 0.0488. The molecule has 0 radical (unpaired) electrons. The SMILES string of the molecule is C[C@]1(C[C@@H](O)CBr)CCCC[C@H]1CC#N. The molecule has 0 amide bonds. The van der Waals surface area contributed by atoms with E-state index in [2.05, 4.69) is 28.9 Å². The largest absolute Gasteiger partial charge is 0.392 e. The topological polar surface area (TPSA) is 44.0 Å². The average Bonchev–Trinajstić information content (AvgIpc) is 2.21. The zero-order valence-electron chi connectivity index (χ0n) is 9.38. The van der Waals surface area contributed by atoms with Crippen molar-refractivity contribution in [2.45, 2.75) is 51.6 Å². The molecule has 0 aromatic heterocycles. The Morgan fingerprint density at radius 1 is 1.60 bits per heavy atom. The second kappa shape index (κ2) is 5.86. The van der Waals surface area contributed by atoms with Gasteiger partial charge < -0.3 is 5.11 Å². The normalized spacial score (nSPS) is 33.3. The van der Waals surface area contributed by atoms with Crippen molar-refractivity contribution in [3.05, 3.63) is 0 Å². The van der Waals surface area contributed by atoms with E-state index in [0.717, 1.165) is 19.3 Å². The fourth-order valence-corrected chi connectivity index (χ4v) is 3.02. The van der Waals surface area contributed by atoms with Crippen LogP contribution in [0.15, 0.2) is 0 Å². The van der Waals surface area contributed by atoms with E-state index >= 15 is 0 Å². The molecular formula is C12H20BrNO. The van der Waals surface area contributed by atoms with Crippen molar-refractivity contribution < 1.29 is 5.11 Å². The van der Waals surface area contributed by atoms with Crippen molar-refractivity contribution in [1.29, 1.82) is 5.26 Å². The maximum absolute atomic E-state index is 9.73. The fraction of sp³-hybridized carbons (Fsp3) is 0.917. The molecule has 0 spiro atoms. The third kappa shape index (κ3) is 3.46. The number of halogens is 1. The Labute approximate surface area is 101 Å². The number of rotatable bonds is 4. The Morgan fingerprint density at radius 3 is 2.93 bits per heavy atom. The molecule has 1 aliphatic rings. The quantitative estimate of drug-likeness (QED) is 0.800. The molecule has 0 aromatic rings. The number of nitrogens with zero attached hydrogens (tertiary/aromatic N) is 1. The second-order valence-corrected chi connectivity index (χ2v) is 5.62. The number of hydrogen-bond acceptors (Lipinski definition) is 2. The minimum absolute atomic E-state index is 0.168. The smallest absolute Gasteiger partial charge is 0.0642 e. The molecule has 0 aliphatic heterocycles. The highest BCUT2D eigenvalue weighted by molar-refractivity contribution is 9.09. The zero-order chi connectivity index (χ0) is 11.3. The molecule has 86 valence electrons. The summed E-state index contributed by atoms with van der Waals surface area (Å²) < 4.78 is 0. The lowest BCUT2D eigenvalue weighted by Crippen LogP contribution is -2.34. The number of aliphatic hydroxyl groups is 1. The first-order chi connectivity index (χ1) is 7.12. The molecular weight excluding hydrogens is 254 g/mol. The van der Waals surface area contributed by atoms with Gasteiger partial charge in [-0.2, -0.15) is 5.26 Å². The summed E-state index contributed by atoms with van der Waals surface area (Å²) in [7, 11) is 0. The van der Waals surface area contributed by atoms with Gasteiger partial charge in [0.2, 0.25) is 0 Å². The van der Waals surface area contributed by atoms with E-state index in [1.807, 2.05) is 0 Å². The first-order valence-corrected chi connectivity index (χ1v) is 6.85. The van der Waals surface area contributed by atoms with Gasteiger partial charge >= 0.3 is 0 Å². The van der Waals surface area contributed by atoms with Gasteiger partial charge in [-0.1, -0.05) is 35.7 Å². The summed E-state index contributed by atoms with van der Waals surface area (Å²) in [4.78, 5) is 0. The summed E-state index contributed by atoms with van der Waals surface area (Å²) in [5, 5.41) is 19.2. The molecule has 1 saturated carbocycles. The van der Waals surface area contributed by atoms with Crippen LogP contribution in [0.2, 0.25) is 0 Å². The van der Waals surface area contributed by atoms with Crippen LogP contribution >= 0.6 is 15.9 Å². The predicted octanol–water partition coefficient (Wildman–Crippen LogP) is 3.24. The van der Waals surface area contributed by atoms with Crippen LogP contribution in [0.4, 0.5) is 0 Å². The van der Waals surface area contributed by atoms with E-state index in [1.165, 1.54) is 12.8 Å². The summed E-state index contributed by atoms with van der Waals surface area (Å²) >= 11 is 3.31. The molecule has 15 heavy (non-hydrogen) atoms. The molecule has 0 aromatic carbocycles. The van der Waals surface area contributed by atoms with Crippen molar-refractivity contribution in [3.8, 4) is 6.07 Å². The van der Waals surface area contributed by atoms with Crippen LogP contribution in [0.25, 0.3) is 0 Å². The molecule has 1 rings (SSSR count). The van der Waals surface area contributed by atoms with Crippen LogP contribution in [-0.4, -0.2) is 16.5 Å². The highest BCUT2D eigenvalue weighted by atomic mass is 79.9. The standard InChI is InChI=1S/C12H20BrNO/c1-12(8-11(15)9-13)6-3-2-4-10(12)5-7-14/h10-11,15H,2-6,8-9H2,1H3/t10-,11+,12+/m0/s1. The predicted molar refractivity (Wildman–Crippen MR) is 64.7 cm³/mol. The molecule has 1 N–H and O–H groups in total. The van der Waals surface area contributed by atoms with Crippen LogP contribution < -0.4 is 0 Å². The van der Waals surface area contributed by atoms with Crippen LogP contribution in [0, 0.1) is 22.7 Å². The van der Waals surface area contributed by atoms with E-state index in [0.29, 0.717) is 17.7 Å². The monoisotopic (exact) mass is 273 g/mol. The molecule has 1 aliphatic carbocycles. The van der Waals surface area contributed by atoms with Gasteiger partial charge in [0.15, 0.2) is 0 Å². The molecule has 2 nitrogen and oxygen atoms in total. The first kappa shape index (κ1) is 13.0. The Kier molecular flexibility index (Phi) is 5.08. The Bertz CT molecular complexity index is 238. The summed E-state index contributed by atoms with van der Waals surface area (Å²) in [6.07, 6.45) is 5.99. The van der Waals surface area contributed by atoms with Gasteiger partial charge in [0, 0.05) is 11.8 Å². The Balaban J connectivity index is 2.63. The second-order valence-electron chi connectivity index (χ2n) is 4.97. The highest BCUT2D eigenvalue weighted by Crippen LogP contribution is 2.45. The minimum Gasteiger partial charge on any atom is -0.392 e. The van der Waals surface area contributed by atoms with Gasteiger partial charge in [-0.25, -0.2) is 0 Å². The molecule has 3 heteroatoms. The lowest BCUT2D eigenvalue weighted by Gasteiger charge is -2.41. The van der Waals surface area contributed by atoms with Crippen LogP contribution in [-0.2, 0) is 0 Å². The number of alkyl halides is 1. The first-order valence-electron chi connectivity index (χ1n) is 5.73. The van der Waals surface area contributed by atoms with E-state index in [4.69, 9.17) is 5.26 Å². The summed E-state index contributed by atoms with van der Waals surface area (Å²) in [6, 6.07) is 2.29. The summed E-state index contributed by atoms with van der Waals surface area (Å²) in [5.74, 6) is 0.477. The van der Waals surface area contributed by atoms with Gasteiger partial charge in [-0.15, -0.1) is 0 Å². The van der Waals surface area contributed by atoms with Crippen LogP contribution in [0.3, 0.4) is 0 Å². The third-order valence-electron chi connectivity index (χ3n) is 3.75. The maximum Gasteiger partial charge on any atom is 0.0642 e. The molecule has 0 unspecified atom stereocenters. The van der Waals surface area contributed by atoms with Gasteiger partial charge in [0.05, 0.1) is 12.2 Å². The van der Waals surface area contributed by atoms with E-state index in [9.17, 15) is 5.11 Å². The van der Waals surface area contributed by atoms with Crippen molar-refractivity contribution in [2.24, 2.45) is 11.3 Å². The van der Waals surface area contributed by atoms with Crippen molar-refractivity contribution in [1.82, 2.24) is 0 Å². The zero-order valence-corrected chi connectivity index (χ0v) is 11.0. The van der Waals surface area contributed by atoms with Crippen molar-refractivity contribution in [3.63, 3.8) is 0 Å².